The van der Waals surface area contributed by atoms with Crippen LogP contribution in [0.5, 0.6) is 0 Å². The van der Waals surface area contributed by atoms with Gasteiger partial charge in [0.05, 0.1) is 18.2 Å². The van der Waals surface area contributed by atoms with E-state index in [1.807, 2.05) is 24.1 Å². The summed E-state index contributed by atoms with van der Waals surface area (Å²) in [5, 5.41) is 12.2. The molecule has 2 rings (SSSR count). The fraction of sp³-hybridized carbons (Fsp3) is 0.176. The number of nitrogens with one attached hydrogen (secondary N) is 1. The molecule has 1 N–H and O–H groups in total. The number of carbonyl (C=O) groups is 1. The Labute approximate surface area is 134 Å². The van der Waals surface area contributed by atoms with Crippen LogP contribution in [0.2, 0.25) is 5.02 Å². The smallest absolute Gasteiger partial charge is 0.238 e. The second-order valence-electron chi connectivity index (χ2n) is 5.04. The van der Waals surface area contributed by atoms with Crippen LogP contribution in [-0.2, 0) is 11.3 Å². The molecule has 0 aliphatic rings. The molecule has 1 amide bonds. The molecular formula is C17H16ClN3O. The minimum absolute atomic E-state index is 0.0848. The molecule has 0 spiro atoms. The number of nitriles is 1. The van der Waals surface area contributed by atoms with E-state index in [-0.39, 0.29) is 12.5 Å². The molecule has 4 nitrogen and oxygen atoms in total. The second kappa shape index (κ2) is 7.60. The molecule has 22 heavy (non-hydrogen) atoms. The van der Waals surface area contributed by atoms with Crippen molar-refractivity contribution in [2.45, 2.75) is 6.54 Å². The number of benzene rings is 2. The highest BCUT2D eigenvalue weighted by atomic mass is 35.5. The number of nitrogens with zero attached hydrogens (tertiary/aromatic N) is 2. The predicted octanol–water partition coefficient (Wildman–Crippen LogP) is 3.28. The summed E-state index contributed by atoms with van der Waals surface area (Å²) < 4.78 is 0. The maximum Gasteiger partial charge on any atom is 0.238 e. The van der Waals surface area contributed by atoms with E-state index in [1.165, 1.54) is 0 Å². The lowest BCUT2D eigenvalue weighted by Crippen LogP contribution is -2.29. The van der Waals surface area contributed by atoms with Crippen LogP contribution in [0.3, 0.4) is 0 Å². The summed E-state index contributed by atoms with van der Waals surface area (Å²) in [6.07, 6.45) is 0. The molecule has 0 heterocycles. The lowest BCUT2D eigenvalue weighted by Gasteiger charge is -2.16. The number of carbonyl (C=O) groups excluding carboxylic acids is 1. The highest BCUT2D eigenvalue weighted by Gasteiger charge is 2.07. The molecular weight excluding hydrogens is 298 g/mol. The van der Waals surface area contributed by atoms with E-state index in [0.29, 0.717) is 17.1 Å². The van der Waals surface area contributed by atoms with Crippen LogP contribution in [-0.4, -0.2) is 24.4 Å². The Morgan fingerprint density at radius 3 is 2.41 bits per heavy atom. The summed E-state index contributed by atoms with van der Waals surface area (Å²) in [6, 6.07) is 16.4. The van der Waals surface area contributed by atoms with E-state index in [4.69, 9.17) is 16.9 Å². The first-order valence-corrected chi connectivity index (χ1v) is 7.17. The molecule has 0 unspecified atom stereocenters. The van der Waals surface area contributed by atoms with Crippen LogP contribution >= 0.6 is 11.6 Å². The number of anilines is 1. The molecule has 0 saturated carbocycles. The molecule has 0 bridgehead atoms. The molecule has 2 aromatic carbocycles. The highest BCUT2D eigenvalue weighted by Crippen LogP contribution is 2.13. The average molecular weight is 314 g/mol. The number of halogens is 1. The van der Waals surface area contributed by atoms with Crippen molar-refractivity contribution in [2.24, 2.45) is 0 Å². The zero-order chi connectivity index (χ0) is 15.9. The molecule has 0 aliphatic carbocycles. The maximum atomic E-state index is 12.0. The van der Waals surface area contributed by atoms with Crippen molar-refractivity contribution in [1.29, 1.82) is 5.26 Å². The van der Waals surface area contributed by atoms with Crippen LogP contribution in [0.25, 0.3) is 0 Å². The molecule has 0 aromatic heterocycles. The SMILES string of the molecule is CN(CC(=O)Nc1ccc(Cl)cc1)Cc1ccc(C#N)cc1. The first-order chi connectivity index (χ1) is 10.6. The summed E-state index contributed by atoms with van der Waals surface area (Å²) in [5.74, 6) is -0.0848. The Kier molecular flexibility index (Phi) is 5.54. The topological polar surface area (TPSA) is 56.1 Å². The summed E-state index contributed by atoms with van der Waals surface area (Å²) in [6.45, 7) is 0.919. The van der Waals surface area contributed by atoms with Gasteiger partial charge in [-0.3, -0.25) is 9.69 Å². The van der Waals surface area contributed by atoms with Crippen molar-refractivity contribution in [3.05, 3.63) is 64.7 Å². The molecule has 0 atom stereocenters. The van der Waals surface area contributed by atoms with Crippen LogP contribution < -0.4 is 5.32 Å². The summed E-state index contributed by atoms with van der Waals surface area (Å²) in [7, 11) is 1.87. The Balaban J connectivity index is 1.85. The van der Waals surface area contributed by atoms with Crippen molar-refractivity contribution >= 4 is 23.2 Å². The van der Waals surface area contributed by atoms with Gasteiger partial charge in [-0.2, -0.15) is 5.26 Å². The molecule has 0 fully saturated rings. The number of rotatable bonds is 5. The standard InChI is InChI=1S/C17H16ClN3O/c1-21(11-14-4-2-13(10-19)3-5-14)12-17(22)20-16-8-6-15(18)7-9-16/h2-9H,11-12H2,1H3,(H,20,22). The van der Waals surface area contributed by atoms with E-state index < -0.39 is 0 Å². The fourth-order valence-electron chi connectivity index (χ4n) is 2.03. The average Bonchev–Trinajstić information content (AvgIpc) is 2.50. The zero-order valence-corrected chi connectivity index (χ0v) is 13.0. The monoisotopic (exact) mass is 313 g/mol. The van der Waals surface area contributed by atoms with Gasteiger partial charge < -0.3 is 5.32 Å². The predicted molar refractivity (Wildman–Crippen MR) is 87.6 cm³/mol. The lowest BCUT2D eigenvalue weighted by atomic mass is 10.1. The van der Waals surface area contributed by atoms with Crippen LogP contribution in [0.4, 0.5) is 5.69 Å². The fourth-order valence-corrected chi connectivity index (χ4v) is 2.16. The highest BCUT2D eigenvalue weighted by molar-refractivity contribution is 6.30. The van der Waals surface area contributed by atoms with Gasteiger partial charge in [-0.25, -0.2) is 0 Å². The normalized spacial score (nSPS) is 10.3. The van der Waals surface area contributed by atoms with Crippen LogP contribution in [0, 0.1) is 11.3 Å². The van der Waals surface area contributed by atoms with Crippen LogP contribution in [0.15, 0.2) is 48.5 Å². The molecule has 0 radical (unpaired) electrons. The van der Waals surface area contributed by atoms with Gasteiger partial charge in [-0.05, 0) is 49.0 Å². The van der Waals surface area contributed by atoms with Crippen molar-refractivity contribution < 1.29 is 4.79 Å². The van der Waals surface area contributed by atoms with Gasteiger partial charge in [0.1, 0.15) is 0 Å². The number of likely N-dealkylation sites (N-methyl/N-ethyl adjacent to an activating group) is 1. The Morgan fingerprint density at radius 1 is 1.18 bits per heavy atom. The number of hydrogen-bond donors (Lipinski definition) is 1. The zero-order valence-electron chi connectivity index (χ0n) is 12.2. The van der Waals surface area contributed by atoms with Crippen LogP contribution in [0.1, 0.15) is 11.1 Å². The molecule has 0 saturated heterocycles. The number of amides is 1. The van der Waals surface area contributed by atoms with E-state index in [9.17, 15) is 4.79 Å². The Hall–Kier alpha value is -2.35. The van der Waals surface area contributed by atoms with Crippen molar-refractivity contribution in [3.63, 3.8) is 0 Å². The largest absolute Gasteiger partial charge is 0.325 e. The van der Waals surface area contributed by atoms with Gasteiger partial charge in [-0.1, -0.05) is 23.7 Å². The van der Waals surface area contributed by atoms with Gasteiger partial charge in [0, 0.05) is 17.3 Å². The minimum Gasteiger partial charge on any atom is -0.325 e. The van der Waals surface area contributed by atoms with Gasteiger partial charge in [0.2, 0.25) is 5.91 Å². The quantitative estimate of drug-likeness (QED) is 0.921. The Morgan fingerprint density at radius 2 is 1.82 bits per heavy atom. The van der Waals surface area contributed by atoms with Gasteiger partial charge >= 0.3 is 0 Å². The summed E-state index contributed by atoms with van der Waals surface area (Å²) >= 11 is 5.80. The van der Waals surface area contributed by atoms with Crippen molar-refractivity contribution in [3.8, 4) is 6.07 Å². The first-order valence-electron chi connectivity index (χ1n) is 6.80. The molecule has 0 aliphatic heterocycles. The van der Waals surface area contributed by atoms with E-state index in [1.54, 1.807) is 36.4 Å². The Bertz CT molecular complexity index is 675. The molecule has 2 aromatic rings. The maximum absolute atomic E-state index is 12.0. The minimum atomic E-state index is -0.0848. The van der Waals surface area contributed by atoms with Crippen molar-refractivity contribution in [2.75, 3.05) is 18.9 Å². The van der Waals surface area contributed by atoms with E-state index in [0.717, 1.165) is 11.3 Å². The molecule has 5 heteroatoms. The van der Waals surface area contributed by atoms with E-state index >= 15 is 0 Å². The van der Waals surface area contributed by atoms with Gasteiger partial charge in [0.15, 0.2) is 0 Å². The second-order valence-corrected chi connectivity index (χ2v) is 5.47. The van der Waals surface area contributed by atoms with E-state index in [2.05, 4.69) is 11.4 Å². The summed E-state index contributed by atoms with van der Waals surface area (Å²) in [5.41, 5.74) is 2.41. The third kappa shape index (κ3) is 4.88. The third-order valence-electron chi connectivity index (χ3n) is 3.08. The molecule has 112 valence electrons. The number of hydrogen-bond acceptors (Lipinski definition) is 3. The van der Waals surface area contributed by atoms with Gasteiger partial charge in [-0.15, -0.1) is 0 Å². The van der Waals surface area contributed by atoms with Gasteiger partial charge in [0.25, 0.3) is 0 Å². The third-order valence-corrected chi connectivity index (χ3v) is 3.33. The first kappa shape index (κ1) is 16.0. The van der Waals surface area contributed by atoms with Crippen molar-refractivity contribution in [1.82, 2.24) is 4.90 Å². The summed E-state index contributed by atoms with van der Waals surface area (Å²) in [4.78, 5) is 13.9. The lowest BCUT2D eigenvalue weighted by molar-refractivity contribution is -0.117.